The second kappa shape index (κ2) is 8.24. The van der Waals surface area contributed by atoms with Crippen molar-refractivity contribution in [2.24, 2.45) is 0 Å². The van der Waals surface area contributed by atoms with Crippen LogP contribution in [0.3, 0.4) is 0 Å². The van der Waals surface area contributed by atoms with Gasteiger partial charge in [0.2, 0.25) is 5.91 Å². The molecule has 2 heterocycles. The Kier molecular flexibility index (Phi) is 6.33. The third kappa shape index (κ3) is 4.04. The summed E-state index contributed by atoms with van der Waals surface area (Å²) in [5.74, 6) is 0.995. The molecule has 1 N–H and O–H groups in total. The van der Waals surface area contributed by atoms with Crippen LogP contribution >= 0.6 is 23.6 Å². The van der Waals surface area contributed by atoms with Crippen LogP contribution in [0.15, 0.2) is 17.5 Å². The van der Waals surface area contributed by atoms with E-state index in [1.54, 1.807) is 11.3 Å². The van der Waals surface area contributed by atoms with Crippen molar-refractivity contribution in [1.29, 1.82) is 0 Å². The molecule has 22 heavy (non-hydrogen) atoms. The van der Waals surface area contributed by atoms with E-state index in [4.69, 9.17) is 12.2 Å². The fourth-order valence-corrected chi connectivity index (χ4v) is 3.33. The van der Waals surface area contributed by atoms with E-state index in [1.807, 2.05) is 27.0 Å². The Balaban J connectivity index is 2.07. The second-order valence-electron chi connectivity index (χ2n) is 5.11. The Bertz CT molecular complexity index is 639. The molecule has 0 spiro atoms. The maximum Gasteiger partial charge on any atom is 0.224 e. The van der Waals surface area contributed by atoms with Crippen molar-refractivity contribution in [2.45, 2.75) is 39.7 Å². The van der Waals surface area contributed by atoms with E-state index < -0.39 is 0 Å². The highest BCUT2D eigenvalue weighted by molar-refractivity contribution is 7.71. The van der Waals surface area contributed by atoms with Gasteiger partial charge >= 0.3 is 0 Å². The lowest BCUT2D eigenvalue weighted by Gasteiger charge is -2.21. The maximum absolute atomic E-state index is 12.4. The Morgan fingerprint density at radius 2 is 2.14 bits per heavy atom. The topological polar surface area (TPSA) is 53.9 Å². The Labute approximate surface area is 140 Å². The molecule has 0 saturated heterocycles. The van der Waals surface area contributed by atoms with Crippen molar-refractivity contribution in [1.82, 2.24) is 19.7 Å². The van der Waals surface area contributed by atoms with Crippen molar-refractivity contribution in [3.63, 3.8) is 0 Å². The molecular formula is C15H22N4OS2. The maximum atomic E-state index is 12.4. The molecular weight excluding hydrogens is 316 g/mol. The molecule has 1 amide bonds. The van der Waals surface area contributed by atoms with Gasteiger partial charge in [-0.05, 0) is 36.5 Å². The Morgan fingerprint density at radius 1 is 1.41 bits per heavy atom. The smallest absolute Gasteiger partial charge is 0.224 e. The summed E-state index contributed by atoms with van der Waals surface area (Å²) in [6.07, 6.45) is 2.42. The molecule has 2 rings (SSSR count). The fourth-order valence-electron chi connectivity index (χ4n) is 2.39. The molecule has 2 aromatic heterocycles. The van der Waals surface area contributed by atoms with Crippen LogP contribution in [0.5, 0.6) is 0 Å². The quantitative estimate of drug-likeness (QED) is 0.747. The molecule has 0 aliphatic rings. The van der Waals surface area contributed by atoms with Crippen LogP contribution in [-0.2, 0) is 11.3 Å². The molecule has 0 saturated carbocycles. The largest absolute Gasteiger partial charge is 0.343 e. The van der Waals surface area contributed by atoms with Crippen LogP contribution in [0.4, 0.5) is 0 Å². The first-order valence-electron chi connectivity index (χ1n) is 7.64. The third-order valence-corrected chi connectivity index (χ3v) is 4.57. The minimum Gasteiger partial charge on any atom is -0.343 e. The van der Waals surface area contributed by atoms with Gasteiger partial charge in [-0.15, -0.1) is 11.3 Å². The molecule has 5 nitrogen and oxygen atoms in total. The van der Waals surface area contributed by atoms with Gasteiger partial charge in [-0.3, -0.25) is 14.5 Å². The van der Waals surface area contributed by atoms with Gasteiger partial charge in [-0.2, -0.15) is 5.10 Å². The average Bonchev–Trinajstić information content (AvgIpc) is 3.14. The van der Waals surface area contributed by atoms with E-state index in [9.17, 15) is 4.79 Å². The molecule has 0 radical (unpaired) electrons. The van der Waals surface area contributed by atoms with Gasteiger partial charge in [0.1, 0.15) is 0 Å². The molecule has 7 heteroatoms. The number of thiophene rings is 1. The number of hydrogen-bond acceptors (Lipinski definition) is 4. The fraction of sp³-hybridized carbons (Fsp3) is 0.533. The highest BCUT2D eigenvalue weighted by atomic mass is 32.1. The van der Waals surface area contributed by atoms with Crippen molar-refractivity contribution in [3.05, 3.63) is 22.3 Å². The molecule has 0 atom stereocenters. The first-order chi connectivity index (χ1) is 10.7. The van der Waals surface area contributed by atoms with Crippen molar-refractivity contribution < 1.29 is 4.79 Å². The van der Waals surface area contributed by atoms with E-state index in [0.29, 0.717) is 17.7 Å². The number of aromatic amines is 1. The van der Waals surface area contributed by atoms with Gasteiger partial charge in [-0.1, -0.05) is 19.9 Å². The van der Waals surface area contributed by atoms with E-state index in [0.717, 1.165) is 36.6 Å². The molecule has 120 valence electrons. The van der Waals surface area contributed by atoms with Crippen LogP contribution in [0.25, 0.3) is 10.7 Å². The summed E-state index contributed by atoms with van der Waals surface area (Å²) in [6, 6.07) is 3.99. The number of carbonyl (C=O) groups excluding carboxylic acids is 1. The van der Waals surface area contributed by atoms with Crippen LogP contribution < -0.4 is 0 Å². The van der Waals surface area contributed by atoms with Crippen LogP contribution in [-0.4, -0.2) is 38.7 Å². The van der Waals surface area contributed by atoms with Crippen molar-refractivity contribution in [3.8, 4) is 10.7 Å². The van der Waals surface area contributed by atoms with Gasteiger partial charge in [0.15, 0.2) is 10.6 Å². The number of amides is 1. The van der Waals surface area contributed by atoms with Gasteiger partial charge in [0, 0.05) is 26.1 Å². The summed E-state index contributed by atoms with van der Waals surface area (Å²) >= 11 is 6.91. The van der Waals surface area contributed by atoms with E-state index >= 15 is 0 Å². The van der Waals surface area contributed by atoms with E-state index in [2.05, 4.69) is 24.0 Å². The minimum atomic E-state index is 0.184. The van der Waals surface area contributed by atoms with Gasteiger partial charge in [-0.25, -0.2) is 0 Å². The summed E-state index contributed by atoms with van der Waals surface area (Å²) < 4.78 is 2.48. The number of aromatic nitrogens is 3. The Morgan fingerprint density at radius 3 is 2.73 bits per heavy atom. The van der Waals surface area contributed by atoms with Gasteiger partial charge in [0.25, 0.3) is 0 Å². The lowest BCUT2D eigenvalue weighted by atomic mass is 10.3. The normalized spacial score (nSPS) is 10.8. The lowest BCUT2D eigenvalue weighted by molar-refractivity contribution is -0.131. The van der Waals surface area contributed by atoms with Crippen LogP contribution in [0.1, 0.15) is 33.1 Å². The zero-order chi connectivity index (χ0) is 15.9. The van der Waals surface area contributed by atoms with E-state index in [-0.39, 0.29) is 5.91 Å². The summed E-state index contributed by atoms with van der Waals surface area (Å²) in [6.45, 7) is 6.39. The second-order valence-corrected chi connectivity index (χ2v) is 6.45. The number of rotatable bonds is 8. The first kappa shape index (κ1) is 16.9. The number of carbonyl (C=O) groups is 1. The van der Waals surface area contributed by atoms with Crippen molar-refractivity contribution >= 4 is 29.5 Å². The number of nitrogens with zero attached hydrogens (tertiary/aromatic N) is 3. The summed E-state index contributed by atoms with van der Waals surface area (Å²) in [4.78, 5) is 15.4. The molecule has 0 unspecified atom stereocenters. The molecule has 0 aliphatic heterocycles. The summed E-state index contributed by atoms with van der Waals surface area (Å²) in [5, 5.41) is 9.12. The highest BCUT2D eigenvalue weighted by Gasteiger charge is 2.14. The summed E-state index contributed by atoms with van der Waals surface area (Å²) in [5.41, 5.74) is 0. The monoisotopic (exact) mass is 338 g/mol. The zero-order valence-corrected chi connectivity index (χ0v) is 14.7. The predicted molar refractivity (Wildman–Crippen MR) is 92.5 cm³/mol. The zero-order valence-electron chi connectivity index (χ0n) is 13.0. The standard InChI is InChI=1S/C15H22N4OS2/c1-3-8-18(9-4-2)13(20)7-10-19-14(16-17-15(19)21)12-6-5-11-22-12/h5-6,11H,3-4,7-10H2,1-2H3,(H,17,21). The Hall–Kier alpha value is -1.47. The third-order valence-electron chi connectivity index (χ3n) is 3.39. The number of nitrogens with one attached hydrogen (secondary N) is 1. The summed E-state index contributed by atoms with van der Waals surface area (Å²) in [7, 11) is 0. The lowest BCUT2D eigenvalue weighted by Crippen LogP contribution is -2.33. The SMILES string of the molecule is CCCN(CCC)C(=O)CCn1c(-c2cccs2)n[nH]c1=S. The highest BCUT2D eigenvalue weighted by Crippen LogP contribution is 2.23. The average molecular weight is 339 g/mol. The number of hydrogen-bond donors (Lipinski definition) is 1. The molecule has 0 bridgehead atoms. The van der Waals surface area contributed by atoms with Gasteiger partial charge in [0.05, 0.1) is 4.88 Å². The molecule has 0 aromatic carbocycles. The molecule has 0 aliphatic carbocycles. The molecule has 0 fully saturated rings. The predicted octanol–water partition coefficient (Wildman–Crippen LogP) is 3.71. The first-order valence-corrected chi connectivity index (χ1v) is 8.93. The van der Waals surface area contributed by atoms with Gasteiger partial charge < -0.3 is 4.90 Å². The minimum absolute atomic E-state index is 0.184. The van der Waals surface area contributed by atoms with Crippen LogP contribution in [0, 0.1) is 4.77 Å². The van der Waals surface area contributed by atoms with E-state index in [1.165, 1.54) is 0 Å². The van der Waals surface area contributed by atoms with Crippen LogP contribution in [0.2, 0.25) is 0 Å². The number of H-pyrrole nitrogens is 1. The molecule has 2 aromatic rings. The van der Waals surface area contributed by atoms with Crippen molar-refractivity contribution in [2.75, 3.05) is 13.1 Å².